The topological polar surface area (TPSA) is 116 Å². The van der Waals surface area contributed by atoms with E-state index in [1.807, 2.05) is 0 Å². The number of carbonyl (C=O) groups is 1. The third-order valence-electron chi connectivity index (χ3n) is 4.63. The van der Waals surface area contributed by atoms with Crippen LogP contribution < -0.4 is 15.4 Å². The Morgan fingerprint density at radius 1 is 1.14 bits per heavy atom. The van der Waals surface area contributed by atoms with Crippen molar-refractivity contribution in [2.45, 2.75) is 44.2 Å². The smallest absolute Gasteiger partial charge is 0.415 e. The number of amides is 1. The first kappa shape index (κ1) is 20.8. The minimum absolute atomic E-state index is 0.0636. The Balaban J connectivity index is 1.81. The van der Waals surface area contributed by atoms with Crippen LogP contribution in [0.2, 0.25) is 0 Å². The SMILES string of the molecule is COc1ncc(-c2cnc(N(C(=O)OCC(F)F)C3CCC(N)CC3)cn2)cn1. The van der Waals surface area contributed by atoms with Gasteiger partial charge in [-0.1, -0.05) is 0 Å². The zero-order valence-corrected chi connectivity index (χ0v) is 15.9. The normalized spacial score (nSPS) is 19.1. The second-order valence-corrected chi connectivity index (χ2v) is 6.62. The number of ether oxygens (including phenoxy) is 2. The summed E-state index contributed by atoms with van der Waals surface area (Å²) in [6.07, 6.45) is 5.00. The van der Waals surface area contributed by atoms with Crippen molar-refractivity contribution < 1.29 is 23.0 Å². The lowest BCUT2D eigenvalue weighted by atomic mass is 9.91. The van der Waals surface area contributed by atoms with E-state index in [1.54, 1.807) is 0 Å². The highest BCUT2D eigenvalue weighted by Gasteiger charge is 2.31. The van der Waals surface area contributed by atoms with Gasteiger partial charge < -0.3 is 15.2 Å². The Bertz CT molecular complexity index is 798. The first-order valence-corrected chi connectivity index (χ1v) is 9.16. The number of alkyl halides is 2. The molecule has 0 atom stereocenters. The van der Waals surface area contributed by atoms with Crippen LogP contribution in [0.4, 0.5) is 19.4 Å². The Morgan fingerprint density at radius 3 is 2.38 bits per heavy atom. The molecule has 0 bridgehead atoms. The molecule has 0 aromatic carbocycles. The summed E-state index contributed by atoms with van der Waals surface area (Å²) in [5.74, 6) is 0.225. The van der Waals surface area contributed by atoms with Crippen LogP contribution in [0.1, 0.15) is 25.7 Å². The lowest BCUT2D eigenvalue weighted by molar-refractivity contribution is 0.0505. The average molecular weight is 408 g/mol. The molecular formula is C18H22F2N6O3. The number of anilines is 1. The fourth-order valence-electron chi connectivity index (χ4n) is 3.14. The molecule has 3 rings (SSSR count). The number of nitrogens with zero attached hydrogens (tertiary/aromatic N) is 5. The Morgan fingerprint density at radius 2 is 1.83 bits per heavy atom. The highest BCUT2D eigenvalue weighted by atomic mass is 19.3. The van der Waals surface area contributed by atoms with Crippen molar-refractivity contribution in [2.75, 3.05) is 18.6 Å². The van der Waals surface area contributed by atoms with E-state index in [0.29, 0.717) is 24.1 Å². The van der Waals surface area contributed by atoms with Crippen molar-refractivity contribution in [3.63, 3.8) is 0 Å². The van der Waals surface area contributed by atoms with Gasteiger partial charge in [0.15, 0.2) is 12.4 Å². The molecule has 0 spiro atoms. The van der Waals surface area contributed by atoms with Gasteiger partial charge in [0.1, 0.15) is 0 Å². The van der Waals surface area contributed by atoms with Crippen LogP contribution in [0.5, 0.6) is 6.01 Å². The summed E-state index contributed by atoms with van der Waals surface area (Å²) < 4.78 is 34.6. The summed E-state index contributed by atoms with van der Waals surface area (Å²) in [5.41, 5.74) is 7.03. The second kappa shape index (κ2) is 9.50. The average Bonchev–Trinajstić information content (AvgIpc) is 2.74. The molecule has 1 fully saturated rings. The first-order valence-electron chi connectivity index (χ1n) is 9.16. The van der Waals surface area contributed by atoms with Crippen LogP contribution in [0.3, 0.4) is 0 Å². The summed E-state index contributed by atoms with van der Waals surface area (Å²) in [6, 6.07) is 0.0416. The van der Waals surface area contributed by atoms with Gasteiger partial charge in [0.05, 0.1) is 25.2 Å². The molecule has 1 saturated carbocycles. The number of methoxy groups -OCH3 is 1. The van der Waals surface area contributed by atoms with E-state index in [0.717, 1.165) is 12.8 Å². The summed E-state index contributed by atoms with van der Waals surface area (Å²) >= 11 is 0. The number of halogens is 2. The molecule has 2 N–H and O–H groups in total. The third kappa shape index (κ3) is 5.31. The quantitative estimate of drug-likeness (QED) is 0.775. The molecule has 2 aromatic rings. The molecule has 0 unspecified atom stereocenters. The zero-order valence-electron chi connectivity index (χ0n) is 15.9. The Labute approximate surface area is 166 Å². The number of hydrogen-bond acceptors (Lipinski definition) is 8. The molecular weight excluding hydrogens is 386 g/mol. The van der Waals surface area contributed by atoms with E-state index < -0.39 is 19.1 Å². The standard InChI is InChI=1S/C18H22F2N6O3/c1-28-17-24-6-11(7-25-17)14-8-23-16(9-22-14)26(18(27)29-10-15(19)20)13-4-2-12(21)3-5-13/h6-9,12-13,15H,2-5,10,21H2,1H3. The molecule has 11 heteroatoms. The molecule has 156 valence electrons. The number of nitrogens with two attached hydrogens (primary N) is 1. The van der Waals surface area contributed by atoms with Gasteiger partial charge in [0.2, 0.25) is 0 Å². The van der Waals surface area contributed by atoms with Gasteiger partial charge in [-0.05, 0) is 25.7 Å². The molecule has 29 heavy (non-hydrogen) atoms. The van der Waals surface area contributed by atoms with Gasteiger partial charge in [-0.3, -0.25) is 9.88 Å². The monoisotopic (exact) mass is 408 g/mol. The van der Waals surface area contributed by atoms with Crippen molar-refractivity contribution in [3.05, 3.63) is 24.8 Å². The van der Waals surface area contributed by atoms with Crippen LogP contribution in [-0.2, 0) is 4.74 Å². The Hall–Kier alpha value is -2.95. The molecule has 9 nitrogen and oxygen atoms in total. The van der Waals surface area contributed by atoms with Crippen molar-refractivity contribution in [1.82, 2.24) is 19.9 Å². The lowest BCUT2D eigenvalue weighted by Crippen LogP contribution is -2.45. The summed E-state index contributed by atoms with van der Waals surface area (Å²) in [6.45, 7) is -0.976. The molecule has 2 aromatic heterocycles. The minimum atomic E-state index is -2.75. The number of rotatable bonds is 6. The van der Waals surface area contributed by atoms with Gasteiger partial charge in [-0.25, -0.2) is 28.5 Å². The van der Waals surface area contributed by atoms with Gasteiger partial charge in [0, 0.05) is 30.0 Å². The van der Waals surface area contributed by atoms with Gasteiger partial charge in [0.25, 0.3) is 6.43 Å². The molecule has 2 heterocycles. The second-order valence-electron chi connectivity index (χ2n) is 6.62. The van der Waals surface area contributed by atoms with Gasteiger partial charge in [-0.2, -0.15) is 0 Å². The fourth-order valence-corrected chi connectivity index (χ4v) is 3.14. The molecule has 0 radical (unpaired) electrons. The zero-order chi connectivity index (χ0) is 20.8. The highest BCUT2D eigenvalue weighted by molar-refractivity contribution is 5.87. The number of aromatic nitrogens is 4. The lowest BCUT2D eigenvalue weighted by Gasteiger charge is -2.34. The fraction of sp³-hybridized carbons (Fsp3) is 0.500. The summed E-state index contributed by atoms with van der Waals surface area (Å²) in [5, 5.41) is 0. The van der Waals surface area contributed by atoms with E-state index in [1.165, 1.54) is 36.8 Å². The molecule has 1 amide bonds. The van der Waals surface area contributed by atoms with Gasteiger partial charge >= 0.3 is 12.1 Å². The maximum absolute atomic E-state index is 12.5. The number of carbonyl (C=O) groups excluding carboxylic acids is 1. The van der Waals surface area contributed by atoms with Crippen LogP contribution in [0, 0.1) is 0 Å². The third-order valence-corrected chi connectivity index (χ3v) is 4.63. The van der Waals surface area contributed by atoms with E-state index >= 15 is 0 Å². The van der Waals surface area contributed by atoms with Crippen molar-refractivity contribution in [3.8, 4) is 17.3 Å². The molecule has 0 aliphatic heterocycles. The van der Waals surface area contributed by atoms with E-state index in [4.69, 9.17) is 15.2 Å². The Kier molecular flexibility index (Phi) is 6.81. The maximum Gasteiger partial charge on any atom is 0.415 e. The largest absolute Gasteiger partial charge is 0.467 e. The van der Waals surface area contributed by atoms with Crippen molar-refractivity contribution >= 4 is 11.9 Å². The maximum atomic E-state index is 12.5. The van der Waals surface area contributed by atoms with Crippen LogP contribution >= 0.6 is 0 Å². The minimum Gasteiger partial charge on any atom is -0.467 e. The van der Waals surface area contributed by atoms with Crippen molar-refractivity contribution in [1.29, 1.82) is 0 Å². The van der Waals surface area contributed by atoms with Gasteiger partial charge in [-0.15, -0.1) is 0 Å². The van der Waals surface area contributed by atoms with Crippen LogP contribution in [0.25, 0.3) is 11.3 Å². The van der Waals surface area contributed by atoms with E-state index in [9.17, 15) is 13.6 Å². The predicted octanol–water partition coefficient (Wildman–Crippen LogP) is 2.42. The molecule has 1 aliphatic rings. The van der Waals surface area contributed by atoms with Crippen molar-refractivity contribution in [2.24, 2.45) is 5.73 Å². The molecule has 1 aliphatic carbocycles. The first-order chi connectivity index (χ1) is 14.0. The summed E-state index contributed by atoms with van der Waals surface area (Å²) in [4.78, 5) is 30.4. The highest BCUT2D eigenvalue weighted by Crippen LogP contribution is 2.27. The van der Waals surface area contributed by atoms with E-state index in [-0.39, 0.29) is 23.9 Å². The molecule has 0 saturated heterocycles. The predicted molar refractivity (Wildman–Crippen MR) is 99.7 cm³/mol. The summed E-state index contributed by atoms with van der Waals surface area (Å²) in [7, 11) is 1.46. The van der Waals surface area contributed by atoms with E-state index in [2.05, 4.69) is 19.9 Å². The van der Waals surface area contributed by atoms with Crippen LogP contribution in [0.15, 0.2) is 24.8 Å². The van der Waals surface area contributed by atoms with Crippen LogP contribution in [-0.4, -0.2) is 58.3 Å². The number of hydrogen-bond donors (Lipinski definition) is 1.